The first-order valence-corrected chi connectivity index (χ1v) is 6.99. The van der Waals surface area contributed by atoms with E-state index < -0.39 is 0 Å². The van der Waals surface area contributed by atoms with Crippen LogP contribution in [0.2, 0.25) is 0 Å². The van der Waals surface area contributed by atoms with Crippen molar-refractivity contribution in [2.75, 3.05) is 38.6 Å². The van der Waals surface area contributed by atoms with Gasteiger partial charge in [-0.05, 0) is 60.1 Å². The van der Waals surface area contributed by atoms with Crippen LogP contribution in [-0.4, -0.2) is 38.6 Å². The van der Waals surface area contributed by atoms with Crippen molar-refractivity contribution in [2.45, 2.75) is 6.42 Å². The third kappa shape index (κ3) is 3.04. The fourth-order valence-corrected chi connectivity index (χ4v) is 2.96. The number of likely N-dealkylation sites (tertiary alicyclic amines) is 1. The number of rotatable bonds is 3. The molecule has 0 saturated carbocycles. The Bertz CT molecular complexity index is 467. The van der Waals surface area contributed by atoms with Crippen LogP contribution in [0.1, 0.15) is 12.0 Å². The van der Waals surface area contributed by atoms with E-state index in [-0.39, 0.29) is 0 Å². The van der Waals surface area contributed by atoms with E-state index in [0.29, 0.717) is 5.56 Å². The lowest BCUT2D eigenvalue weighted by Crippen LogP contribution is -2.27. The Morgan fingerprint density at radius 2 is 2.33 bits per heavy atom. The number of hydrogen-bond donors (Lipinski definition) is 0. The second-order valence-electron chi connectivity index (χ2n) is 5.07. The van der Waals surface area contributed by atoms with Gasteiger partial charge in [0, 0.05) is 30.3 Å². The third-order valence-electron chi connectivity index (χ3n) is 3.53. The molecule has 0 aliphatic carbocycles. The van der Waals surface area contributed by atoms with Gasteiger partial charge >= 0.3 is 0 Å². The maximum Gasteiger partial charge on any atom is 0.100 e. The average molecular weight is 308 g/mol. The molecule has 1 unspecified atom stereocenters. The second-order valence-corrected chi connectivity index (χ2v) is 5.93. The molecule has 0 radical (unpaired) electrons. The minimum atomic E-state index is 0.688. The summed E-state index contributed by atoms with van der Waals surface area (Å²) in [5, 5.41) is 8.91. The lowest BCUT2D eigenvalue weighted by Gasteiger charge is -2.23. The van der Waals surface area contributed by atoms with Crippen LogP contribution in [0.3, 0.4) is 0 Å². The van der Waals surface area contributed by atoms with Crippen LogP contribution in [0.4, 0.5) is 5.69 Å². The molecule has 1 aromatic carbocycles. The number of halogens is 1. The molecule has 0 bridgehead atoms. The van der Waals surface area contributed by atoms with Crippen molar-refractivity contribution in [3.63, 3.8) is 0 Å². The van der Waals surface area contributed by atoms with Gasteiger partial charge in [0.2, 0.25) is 0 Å². The highest BCUT2D eigenvalue weighted by molar-refractivity contribution is 9.10. The molecular weight excluding hydrogens is 290 g/mol. The van der Waals surface area contributed by atoms with Gasteiger partial charge in [0.1, 0.15) is 6.07 Å². The van der Waals surface area contributed by atoms with Crippen LogP contribution in [0, 0.1) is 17.2 Å². The van der Waals surface area contributed by atoms with Gasteiger partial charge in [-0.15, -0.1) is 0 Å². The van der Waals surface area contributed by atoms with Crippen molar-refractivity contribution in [1.29, 1.82) is 5.26 Å². The average Bonchev–Trinajstić information content (AvgIpc) is 2.74. The van der Waals surface area contributed by atoms with Crippen LogP contribution in [0.25, 0.3) is 0 Å². The Morgan fingerprint density at radius 1 is 1.56 bits per heavy atom. The fourth-order valence-electron chi connectivity index (χ4n) is 2.50. The fraction of sp³-hybridized carbons (Fsp3) is 0.500. The summed E-state index contributed by atoms with van der Waals surface area (Å²) in [5.41, 5.74) is 1.85. The molecule has 1 heterocycles. The van der Waals surface area contributed by atoms with Crippen molar-refractivity contribution in [1.82, 2.24) is 4.90 Å². The van der Waals surface area contributed by atoms with E-state index in [1.165, 1.54) is 19.5 Å². The maximum atomic E-state index is 8.91. The predicted molar refractivity (Wildman–Crippen MR) is 77.7 cm³/mol. The normalized spacial score (nSPS) is 19.8. The van der Waals surface area contributed by atoms with Crippen molar-refractivity contribution >= 4 is 21.6 Å². The van der Waals surface area contributed by atoms with Crippen molar-refractivity contribution in [3.8, 4) is 6.07 Å². The number of nitrogens with zero attached hydrogens (tertiary/aromatic N) is 3. The highest BCUT2D eigenvalue weighted by Crippen LogP contribution is 2.25. The van der Waals surface area contributed by atoms with Crippen LogP contribution in [0.15, 0.2) is 22.7 Å². The predicted octanol–water partition coefficient (Wildman–Crippen LogP) is 2.71. The number of hydrogen-bond acceptors (Lipinski definition) is 3. The quantitative estimate of drug-likeness (QED) is 0.860. The molecule has 2 rings (SSSR count). The number of nitriles is 1. The lowest BCUT2D eigenvalue weighted by atomic mass is 10.1. The first kappa shape index (κ1) is 13.4. The lowest BCUT2D eigenvalue weighted by molar-refractivity contribution is 0.396. The van der Waals surface area contributed by atoms with E-state index in [4.69, 9.17) is 5.26 Å². The van der Waals surface area contributed by atoms with E-state index in [1.54, 1.807) is 0 Å². The largest absolute Gasteiger partial charge is 0.374 e. The minimum Gasteiger partial charge on any atom is -0.374 e. The number of anilines is 1. The van der Waals surface area contributed by atoms with Crippen LogP contribution < -0.4 is 4.90 Å². The SMILES string of the molecule is CN1CCC(CN(C)c2ccc(C#N)c(Br)c2)C1. The Labute approximate surface area is 117 Å². The van der Waals surface area contributed by atoms with E-state index in [0.717, 1.165) is 22.6 Å². The van der Waals surface area contributed by atoms with E-state index in [1.807, 2.05) is 18.2 Å². The summed E-state index contributed by atoms with van der Waals surface area (Å²) in [6, 6.07) is 8.08. The molecule has 18 heavy (non-hydrogen) atoms. The van der Waals surface area contributed by atoms with Gasteiger partial charge in [0.25, 0.3) is 0 Å². The van der Waals surface area contributed by atoms with Crippen LogP contribution in [-0.2, 0) is 0 Å². The highest BCUT2D eigenvalue weighted by atomic mass is 79.9. The van der Waals surface area contributed by atoms with Gasteiger partial charge in [-0.1, -0.05) is 0 Å². The molecule has 1 saturated heterocycles. The molecular formula is C14H18BrN3. The highest BCUT2D eigenvalue weighted by Gasteiger charge is 2.21. The molecule has 96 valence electrons. The zero-order valence-corrected chi connectivity index (χ0v) is 12.4. The monoisotopic (exact) mass is 307 g/mol. The molecule has 0 N–H and O–H groups in total. The summed E-state index contributed by atoms with van der Waals surface area (Å²) in [7, 11) is 4.30. The van der Waals surface area contributed by atoms with Gasteiger partial charge < -0.3 is 9.80 Å². The van der Waals surface area contributed by atoms with Gasteiger partial charge in [0.15, 0.2) is 0 Å². The summed E-state index contributed by atoms with van der Waals surface area (Å²) in [4.78, 5) is 4.66. The summed E-state index contributed by atoms with van der Waals surface area (Å²) >= 11 is 3.44. The summed E-state index contributed by atoms with van der Waals surface area (Å²) in [6.07, 6.45) is 1.28. The Morgan fingerprint density at radius 3 is 2.89 bits per heavy atom. The topological polar surface area (TPSA) is 30.3 Å². The Hall–Kier alpha value is -1.05. The number of benzene rings is 1. The van der Waals surface area contributed by atoms with Crippen molar-refractivity contribution < 1.29 is 0 Å². The van der Waals surface area contributed by atoms with Crippen molar-refractivity contribution in [3.05, 3.63) is 28.2 Å². The molecule has 1 aromatic rings. The molecule has 1 aliphatic rings. The summed E-state index contributed by atoms with van der Waals surface area (Å²) in [6.45, 7) is 3.46. The van der Waals surface area contributed by atoms with E-state index in [2.05, 4.69) is 45.9 Å². The van der Waals surface area contributed by atoms with E-state index >= 15 is 0 Å². The summed E-state index contributed by atoms with van der Waals surface area (Å²) < 4.78 is 0.873. The summed E-state index contributed by atoms with van der Waals surface area (Å²) in [5.74, 6) is 0.745. The molecule has 0 aromatic heterocycles. The van der Waals surface area contributed by atoms with Crippen LogP contribution in [0.5, 0.6) is 0 Å². The molecule has 0 amide bonds. The molecule has 1 aliphatic heterocycles. The smallest absolute Gasteiger partial charge is 0.100 e. The first-order valence-electron chi connectivity index (χ1n) is 6.19. The minimum absolute atomic E-state index is 0.688. The maximum absolute atomic E-state index is 8.91. The Kier molecular flexibility index (Phi) is 4.26. The van der Waals surface area contributed by atoms with Gasteiger partial charge in [-0.2, -0.15) is 5.26 Å². The molecule has 4 heteroatoms. The molecule has 3 nitrogen and oxygen atoms in total. The zero-order chi connectivity index (χ0) is 13.1. The van der Waals surface area contributed by atoms with E-state index in [9.17, 15) is 0 Å². The molecule has 1 atom stereocenters. The molecule has 1 fully saturated rings. The van der Waals surface area contributed by atoms with Crippen LogP contribution >= 0.6 is 15.9 Å². The van der Waals surface area contributed by atoms with Gasteiger partial charge in [-0.3, -0.25) is 0 Å². The Balaban J connectivity index is 2.03. The third-order valence-corrected chi connectivity index (χ3v) is 4.19. The standard InChI is InChI=1S/C14H18BrN3/c1-17-6-5-11(9-17)10-18(2)13-4-3-12(8-16)14(15)7-13/h3-4,7,11H,5-6,9-10H2,1-2H3. The zero-order valence-electron chi connectivity index (χ0n) is 10.9. The second kappa shape index (κ2) is 5.73. The van der Waals surface area contributed by atoms with Gasteiger partial charge in [-0.25, -0.2) is 0 Å². The first-order chi connectivity index (χ1) is 8.60. The molecule has 0 spiro atoms. The van der Waals surface area contributed by atoms with Gasteiger partial charge in [0.05, 0.1) is 5.56 Å². The van der Waals surface area contributed by atoms with Crippen molar-refractivity contribution in [2.24, 2.45) is 5.92 Å².